The lowest BCUT2D eigenvalue weighted by Gasteiger charge is -2.27. The fraction of sp³-hybridized carbons (Fsp3) is 0.538. The van der Waals surface area contributed by atoms with Crippen molar-refractivity contribution in [3.63, 3.8) is 0 Å². The van der Waals surface area contributed by atoms with Crippen LogP contribution in [0, 0.1) is 0 Å². The summed E-state index contributed by atoms with van der Waals surface area (Å²) in [6.07, 6.45) is 2.39. The maximum atomic E-state index is 9.61. The molecule has 1 aromatic carbocycles. The molecular weight excluding hydrogens is 238 g/mol. The zero-order valence-electron chi connectivity index (χ0n) is 10.0. The van der Waals surface area contributed by atoms with Gasteiger partial charge in [0.05, 0.1) is 19.8 Å². The molecule has 4 heteroatoms. The molecule has 0 spiro atoms. The number of halogens is 1. The molecule has 3 nitrogen and oxygen atoms in total. The lowest BCUT2D eigenvalue weighted by Crippen LogP contribution is -2.28. The van der Waals surface area contributed by atoms with E-state index in [-0.39, 0.29) is 12.6 Å². The first-order chi connectivity index (χ1) is 8.26. The Bertz CT molecular complexity index is 378. The molecule has 1 heterocycles. The van der Waals surface area contributed by atoms with Crippen LogP contribution in [0.1, 0.15) is 24.4 Å². The van der Waals surface area contributed by atoms with Crippen LogP contribution in [-0.4, -0.2) is 36.8 Å². The number of hydrogen-bond acceptors (Lipinski definition) is 3. The molecule has 0 amide bonds. The highest BCUT2D eigenvalue weighted by Crippen LogP contribution is 2.33. The van der Waals surface area contributed by atoms with Crippen molar-refractivity contribution in [1.82, 2.24) is 4.90 Å². The van der Waals surface area contributed by atoms with Gasteiger partial charge in [0.2, 0.25) is 0 Å². The molecule has 1 aliphatic rings. The van der Waals surface area contributed by atoms with Crippen molar-refractivity contribution >= 4 is 11.6 Å². The van der Waals surface area contributed by atoms with Crippen molar-refractivity contribution < 1.29 is 9.84 Å². The van der Waals surface area contributed by atoms with E-state index >= 15 is 0 Å². The van der Waals surface area contributed by atoms with Crippen molar-refractivity contribution in [2.45, 2.75) is 18.9 Å². The van der Waals surface area contributed by atoms with E-state index in [1.807, 2.05) is 18.2 Å². The van der Waals surface area contributed by atoms with E-state index in [1.54, 1.807) is 7.11 Å². The molecule has 1 fully saturated rings. The molecule has 1 unspecified atom stereocenters. The molecule has 1 atom stereocenters. The van der Waals surface area contributed by atoms with Gasteiger partial charge in [-0.2, -0.15) is 0 Å². The largest absolute Gasteiger partial charge is 0.496 e. The normalized spacial score (nSPS) is 18.3. The predicted molar refractivity (Wildman–Crippen MR) is 68.6 cm³/mol. The monoisotopic (exact) mass is 255 g/mol. The first-order valence-electron chi connectivity index (χ1n) is 5.94. The topological polar surface area (TPSA) is 32.7 Å². The Balaban J connectivity index is 2.31. The number of methoxy groups -OCH3 is 1. The quantitative estimate of drug-likeness (QED) is 0.897. The lowest BCUT2D eigenvalue weighted by molar-refractivity contribution is 0.144. The van der Waals surface area contributed by atoms with E-state index in [2.05, 4.69) is 4.90 Å². The Morgan fingerprint density at radius 2 is 2.12 bits per heavy atom. The Labute approximate surface area is 107 Å². The van der Waals surface area contributed by atoms with E-state index in [9.17, 15) is 5.11 Å². The molecule has 0 saturated carbocycles. The standard InChI is InChI=1S/C13H18ClNO2/c1-17-13-5-4-10(14)8-11(13)12(9-16)15-6-2-3-7-15/h4-5,8,12,16H,2-3,6-7,9H2,1H3. The molecule has 0 bridgehead atoms. The predicted octanol–water partition coefficient (Wildman–Crippen LogP) is 2.48. The van der Waals surface area contributed by atoms with Crippen molar-refractivity contribution in [3.05, 3.63) is 28.8 Å². The van der Waals surface area contributed by atoms with Gasteiger partial charge in [-0.25, -0.2) is 0 Å². The Morgan fingerprint density at radius 1 is 1.41 bits per heavy atom. The third kappa shape index (κ3) is 2.73. The first-order valence-corrected chi connectivity index (χ1v) is 6.32. The SMILES string of the molecule is COc1ccc(Cl)cc1C(CO)N1CCCC1. The summed E-state index contributed by atoms with van der Waals surface area (Å²) in [4.78, 5) is 2.29. The summed E-state index contributed by atoms with van der Waals surface area (Å²) in [6.45, 7) is 2.15. The van der Waals surface area contributed by atoms with Gasteiger partial charge in [-0.3, -0.25) is 4.90 Å². The van der Waals surface area contributed by atoms with Gasteiger partial charge in [0.15, 0.2) is 0 Å². The second-order valence-electron chi connectivity index (χ2n) is 4.33. The molecule has 17 heavy (non-hydrogen) atoms. The third-order valence-corrected chi connectivity index (χ3v) is 3.54. The molecule has 1 aliphatic heterocycles. The summed E-state index contributed by atoms with van der Waals surface area (Å²) >= 11 is 6.03. The number of aliphatic hydroxyl groups is 1. The van der Waals surface area contributed by atoms with Crippen LogP contribution < -0.4 is 4.74 Å². The average molecular weight is 256 g/mol. The minimum absolute atomic E-state index is 0.00819. The van der Waals surface area contributed by atoms with E-state index in [4.69, 9.17) is 16.3 Å². The van der Waals surface area contributed by atoms with Gasteiger partial charge in [-0.15, -0.1) is 0 Å². The number of likely N-dealkylation sites (tertiary alicyclic amines) is 1. The summed E-state index contributed by atoms with van der Waals surface area (Å²) in [5.41, 5.74) is 0.976. The number of hydrogen-bond donors (Lipinski definition) is 1. The molecular formula is C13H18ClNO2. The number of benzene rings is 1. The second kappa shape index (κ2) is 5.71. The second-order valence-corrected chi connectivity index (χ2v) is 4.76. The van der Waals surface area contributed by atoms with Crippen molar-refractivity contribution in [2.75, 3.05) is 26.8 Å². The molecule has 1 aromatic rings. The number of nitrogens with zero attached hydrogens (tertiary/aromatic N) is 1. The van der Waals surface area contributed by atoms with Gasteiger partial charge >= 0.3 is 0 Å². The summed E-state index contributed by atoms with van der Waals surface area (Å²) in [7, 11) is 1.64. The fourth-order valence-electron chi connectivity index (χ4n) is 2.43. The highest BCUT2D eigenvalue weighted by atomic mass is 35.5. The Kier molecular flexibility index (Phi) is 4.26. The smallest absolute Gasteiger partial charge is 0.123 e. The summed E-state index contributed by atoms with van der Waals surface area (Å²) in [5.74, 6) is 0.792. The summed E-state index contributed by atoms with van der Waals surface area (Å²) in [6, 6.07) is 5.55. The maximum Gasteiger partial charge on any atom is 0.123 e. The minimum atomic E-state index is -0.00819. The fourth-order valence-corrected chi connectivity index (χ4v) is 2.61. The van der Waals surface area contributed by atoms with Crippen molar-refractivity contribution in [3.8, 4) is 5.75 Å². The highest BCUT2D eigenvalue weighted by Gasteiger charge is 2.25. The van der Waals surface area contributed by atoms with Crippen LogP contribution in [-0.2, 0) is 0 Å². The van der Waals surface area contributed by atoms with Gasteiger partial charge in [-0.05, 0) is 44.1 Å². The molecule has 1 saturated heterocycles. The Morgan fingerprint density at radius 3 is 2.71 bits per heavy atom. The van der Waals surface area contributed by atoms with Gasteiger partial charge < -0.3 is 9.84 Å². The number of rotatable bonds is 4. The Hall–Kier alpha value is -0.770. The van der Waals surface area contributed by atoms with Crippen LogP contribution in [0.2, 0.25) is 5.02 Å². The minimum Gasteiger partial charge on any atom is -0.496 e. The summed E-state index contributed by atoms with van der Waals surface area (Å²) in [5, 5.41) is 10.3. The van der Waals surface area contributed by atoms with Gasteiger partial charge in [0, 0.05) is 10.6 Å². The van der Waals surface area contributed by atoms with Crippen molar-refractivity contribution in [2.24, 2.45) is 0 Å². The first kappa shape index (κ1) is 12.7. The van der Waals surface area contributed by atoms with Gasteiger partial charge in [0.1, 0.15) is 5.75 Å². The van der Waals surface area contributed by atoms with Crippen LogP contribution in [0.25, 0.3) is 0 Å². The van der Waals surface area contributed by atoms with E-state index < -0.39 is 0 Å². The van der Waals surface area contributed by atoms with E-state index in [1.165, 1.54) is 12.8 Å². The van der Waals surface area contributed by atoms with Crippen LogP contribution in [0.4, 0.5) is 0 Å². The molecule has 0 aliphatic carbocycles. The van der Waals surface area contributed by atoms with E-state index in [0.29, 0.717) is 5.02 Å². The van der Waals surface area contributed by atoms with Crippen LogP contribution in [0.5, 0.6) is 5.75 Å². The molecule has 0 aromatic heterocycles. The van der Waals surface area contributed by atoms with Crippen LogP contribution in [0.3, 0.4) is 0 Å². The highest BCUT2D eigenvalue weighted by molar-refractivity contribution is 6.30. The van der Waals surface area contributed by atoms with Gasteiger partial charge in [-0.1, -0.05) is 11.6 Å². The maximum absolute atomic E-state index is 9.61. The molecule has 1 N–H and O–H groups in total. The summed E-state index contributed by atoms with van der Waals surface area (Å²) < 4.78 is 5.35. The van der Waals surface area contributed by atoms with Crippen molar-refractivity contribution in [1.29, 1.82) is 0 Å². The lowest BCUT2D eigenvalue weighted by atomic mass is 10.1. The number of aliphatic hydroxyl groups excluding tert-OH is 1. The van der Waals surface area contributed by atoms with Crippen LogP contribution in [0.15, 0.2) is 18.2 Å². The zero-order valence-corrected chi connectivity index (χ0v) is 10.8. The van der Waals surface area contributed by atoms with Crippen LogP contribution >= 0.6 is 11.6 Å². The molecule has 2 rings (SSSR count). The zero-order chi connectivity index (χ0) is 12.3. The number of ether oxygens (including phenoxy) is 1. The van der Waals surface area contributed by atoms with Gasteiger partial charge in [0.25, 0.3) is 0 Å². The molecule has 0 radical (unpaired) electrons. The molecule has 94 valence electrons. The van der Waals surface area contributed by atoms with E-state index in [0.717, 1.165) is 24.4 Å². The third-order valence-electron chi connectivity index (χ3n) is 3.31. The average Bonchev–Trinajstić information content (AvgIpc) is 2.84.